The summed E-state index contributed by atoms with van der Waals surface area (Å²) in [4.78, 5) is 36.6. The van der Waals surface area contributed by atoms with Crippen molar-refractivity contribution in [1.29, 1.82) is 0 Å². The second-order valence-corrected chi connectivity index (χ2v) is 10.6. The number of fused-ring (bicyclic) bond motifs is 1. The topological polar surface area (TPSA) is 80.6 Å². The summed E-state index contributed by atoms with van der Waals surface area (Å²) in [5.41, 5.74) is 2.71. The third kappa shape index (κ3) is 5.11. The zero-order chi connectivity index (χ0) is 29.9. The first-order valence-electron chi connectivity index (χ1n) is 13.9. The highest BCUT2D eigenvalue weighted by Gasteiger charge is 2.55. The van der Waals surface area contributed by atoms with Crippen molar-refractivity contribution in [3.63, 3.8) is 0 Å². The molecule has 0 saturated carbocycles. The molecule has 5 aromatic carbocycles. The van der Waals surface area contributed by atoms with Crippen molar-refractivity contribution >= 4 is 28.7 Å². The summed E-state index contributed by atoms with van der Waals surface area (Å²) in [5, 5.41) is 4.71. The van der Waals surface area contributed by atoms with Crippen molar-refractivity contribution in [2.75, 3.05) is 5.06 Å². The van der Waals surface area contributed by atoms with E-state index in [-0.39, 0.29) is 11.4 Å². The van der Waals surface area contributed by atoms with Crippen LogP contribution in [0.25, 0.3) is 0 Å². The van der Waals surface area contributed by atoms with E-state index >= 15 is 0 Å². The number of ether oxygens (including phenoxy) is 1. The van der Waals surface area contributed by atoms with Gasteiger partial charge in [0.05, 0.1) is 17.1 Å². The zero-order valence-corrected chi connectivity index (χ0v) is 23.8. The van der Waals surface area contributed by atoms with Crippen LogP contribution in [0, 0.1) is 4.91 Å². The minimum absolute atomic E-state index is 0.240. The predicted octanol–water partition coefficient (Wildman–Crippen LogP) is 8.28. The molecule has 0 unspecified atom stereocenters. The quantitative estimate of drug-likeness (QED) is 0.107. The normalized spacial score (nSPS) is 14.7. The van der Waals surface area contributed by atoms with Crippen molar-refractivity contribution in [3.05, 3.63) is 161 Å². The molecule has 1 aliphatic rings. The van der Waals surface area contributed by atoms with Gasteiger partial charge in [0.25, 0.3) is 0 Å². The summed E-state index contributed by atoms with van der Waals surface area (Å²) < 4.78 is 5.71. The molecule has 1 aliphatic heterocycles. The Hall–Kier alpha value is -5.40. The van der Waals surface area contributed by atoms with Gasteiger partial charge in [-0.3, -0.25) is 4.84 Å². The van der Waals surface area contributed by atoms with Crippen LogP contribution < -0.4 is 9.80 Å². The van der Waals surface area contributed by atoms with Gasteiger partial charge in [0, 0.05) is 5.56 Å². The number of rotatable bonds is 8. The summed E-state index contributed by atoms with van der Waals surface area (Å²) in [7, 11) is 0. The lowest BCUT2D eigenvalue weighted by molar-refractivity contribution is -0.161. The molecular weight excluding hydrogens is 538 g/mol. The Bertz CT molecular complexity index is 1730. The lowest BCUT2D eigenvalue weighted by Gasteiger charge is -2.43. The number of hydrogen-bond donors (Lipinski definition) is 0. The maximum absolute atomic E-state index is 13.7. The fourth-order valence-corrected chi connectivity index (χ4v) is 5.32. The molecule has 0 radical (unpaired) electrons. The van der Waals surface area contributed by atoms with Crippen LogP contribution in [-0.4, -0.2) is 17.3 Å². The minimum atomic E-state index is -1.45. The van der Waals surface area contributed by atoms with Crippen LogP contribution in [0.3, 0.4) is 0 Å². The summed E-state index contributed by atoms with van der Waals surface area (Å²) in [6, 6.07) is 43.8. The van der Waals surface area contributed by atoms with E-state index in [1.165, 1.54) is 24.3 Å². The number of hydroxylamine groups is 1. The van der Waals surface area contributed by atoms with E-state index in [4.69, 9.17) is 14.6 Å². The standard InChI is InChI=1S/C36H29N3O4/c1-35(2,34(40)42-30-24-22-29(38-41)23-25-30)43-39-32-21-13-12-20-31(32)33(37-28-18-10-5-11-19-28)36(39,26-14-6-3-7-15-26)27-16-8-4-9-17-27/h3-25H,1-2H3. The first-order valence-corrected chi connectivity index (χ1v) is 13.9. The third-order valence-corrected chi connectivity index (χ3v) is 7.37. The number of nitroso groups, excluding NO2 is 1. The maximum atomic E-state index is 13.7. The highest BCUT2D eigenvalue weighted by molar-refractivity contribution is 6.20. The van der Waals surface area contributed by atoms with Crippen molar-refractivity contribution in [2.24, 2.45) is 10.2 Å². The van der Waals surface area contributed by atoms with E-state index in [1.54, 1.807) is 18.9 Å². The van der Waals surface area contributed by atoms with Gasteiger partial charge in [-0.2, -0.15) is 0 Å². The highest BCUT2D eigenvalue weighted by atomic mass is 16.7. The molecule has 7 heteroatoms. The Morgan fingerprint density at radius 1 is 0.674 bits per heavy atom. The molecule has 0 aromatic heterocycles. The van der Waals surface area contributed by atoms with E-state index in [9.17, 15) is 9.70 Å². The number of aliphatic imine (C=N–C) groups is 1. The summed E-state index contributed by atoms with van der Waals surface area (Å²) in [6.45, 7) is 3.35. The molecule has 0 saturated heterocycles. The molecule has 0 fully saturated rings. The molecule has 6 rings (SSSR count). The first-order chi connectivity index (χ1) is 20.9. The average Bonchev–Trinajstić information content (AvgIpc) is 3.31. The van der Waals surface area contributed by atoms with Gasteiger partial charge in [0.2, 0.25) is 0 Å². The number of benzene rings is 5. The maximum Gasteiger partial charge on any atom is 0.345 e. The Balaban J connectivity index is 1.54. The summed E-state index contributed by atoms with van der Waals surface area (Å²) >= 11 is 0. The molecule has 0 spiro atoms. The molecule has 1 heterocycles. The molecule has 43 heavy (non-hydrogen) atoms. The van der Waals surface area contributed by atoms with Gasteiger partial charge >= 0.3 is 5.97 Å². The lowest BCUT2D eigenvalue weighted by Crippen LogP contribution is -2.54. The molecule has 0 N–H and O–H groups in total. The van der Waals surface area contributed by atoms with Crippen LogP contribution in [0.15, 0.2) is 150 Å². The molecule has 0 atom stereocenters. The first kappa shape index (κ1) is 27.8. The van der Waals surface area contributed by atoms with Gasteiger partial charge in [-0.15, -0.1) is 4.91 Å². The van der Waals surface area contributed by atoms with Crippen LogP contribution in [0.4, 0.5) is 17.1 Å². The highest BCUT2D eigenvalue weighted by Crippen LogP contribution is 2.51. The van der Waals surface area contributed by atoms with E-state index in [0.29, 0.717) is 0 Å². The molecule has 7 nitrogen and oxygen atoms in total. The lowest BCUT2D eigenvalue weighted by atomic mass is 9.78. The molecule has 0 amide bonds. The van der Waals surface area contributed by atoms with Crippen LogP contribution >= 0.6 is 0 Å². The molecule has 5 aromatic rings. The zero-order valence-electron chi connectivity index (χ0n) is 23.8. The average molecular weight is 568 g/mol. The van der Waals surface area contributed by atoms with E-state index < -0.39 is 17.1 Å². The SMILES string of the molecule is CC(C)(ON1c2ccccc2C(=Nc2ccccc2)C1(c1ccccc1)c1ccccc1)C(=O)Oc1ccc(N=O)cc1. The Morgan fingerprint density at radius 2 is 1.21 bits per heavy atom. The van der Waals surface area contributed by atoms with Crippen LogP contribution in [-0.2, 0) is 15.2 Å². The van der Waals surface area contributed by atoms with Crippen molar-refractivity contribution in [1.82, 2.24) is 0 Å². The smallest absolute Gasteiger partial charge is 0.345 e. The number of hydrogen-bond acceptors (Lipinski definition) is 7. The van der Waals surface area contributed by atoms with Gasteiger partial charge in [-0.1, -0.05) is 97.1 Å². The Morgan fingerprint density at radius 3 is 1.79 bits per heavy atom. The van der Waals surface area contributed by atoms with Crippen LogP contribution in [0.1, 0.15) is 30.5 Å². The predicted molar refractivity (Wildman–Crippen MR) is 168 cm³/mol. The number of anilines is 1. The van der Waals surface area contributed by atoms with Gasteiger partial charge in [-0.05, 0) is 72.6 Å². The Kier molecular flexibility index (Phi) is 7.40. The summed E-state index contributed by atoms with van der Waals surface area (Å²) in [6.07, 6.45) is 0. The minimum Gasteiger partial charge on any atom is -0.424 e. The van der Waals surface area contributed by atoms with Crippen LogP contribution in [0.2, 0.25) is 0 Å². The molecule has 212 valence electrons. The van der Waals surface area contributed by atoms with Gasteiger partial charge in [0.1, 0.15) is 11.4 Å². The van der Waals surface area contributed by atoms with Crippen molar-refractivity contribution < 1.29 is 14.4 Å². The largest absolute Gasteiger partial charge is 0.424 e. The summed E-state index contributed by atoms with van der Waals surface area (Å²) in [5.74, 6) is -0.333. The van der Waals surface area contributed by atoms with Gasteiger partial charge in [-0.25, -0.2) is 14.9 Å². The number of esters is 1. The third-order valence-electron chi connectivity index (χ3n) is 7.37. The van der Waals surface area contributed by atoms with Crippen molar-refractivity contribution in [3.8, 4) is 5.75 Å². The van der Waals surface area contributed by atoms with E-state index in [1.807, 2.05) is 115 Å². The molecule has 0 bridgehead atoms. The number of nitrogens with zero attached hydrogens (tertiary/aromatic N) is 3. The van der Waals surface area contributed by atoms with Gasteiger partial charge < -0.3 is 4.74 Å². The second kappa shape index (κ2) is 11.5. The van der Waals surface area contributed by atoms with Gasteiger partial charge in [0.15, 0.2) is 11.1 Å². The van der Waals surface area contributed by atoms with Crippen molar-refractivity contribution in [2.45, 2.75) is 25.0 Å². The number of para-hydroxylation sites is 2. The fraction of sp³-hybridized carbons (Fsp3) is 0.111. The number of carbonyl (C=O) groups is 1. The monoisotopic (exact) mass is 567 g/mol. The fourth-order valence-electron chi connectivity index (χ4n) is 5.32. The number of carbonyl (C=O) groups excluding carboxylic acids is 1. The second-order valence-electron chi connectivity index (χ2n) is 10.6. The van der Waals surface area contributed by atoms with Crippen LogP contribution in [0.5, 0.6) is 5.75 Å². The molecule has 0 aliphatic carbocycles. The Labute approximate surface area is 250 Å². The van der Waals surface area contributed by atoms with E-state index in [2.05, 4.69) is 5.18 Å². The molecular formula is C36H29N3O4. The van der Waals surface area contributed by atoms with E-state index in [0.717, 1.165) is 33.8 Å².